The normalized spacial score (nSPS) is 12.9. The van der Waals surface area contributed by atoms with E-state index >= 15 is 0 Å². The Bertz CT molecular complexity index is 1010. The highest BCUT2D eigenvalue weighted by molar-refractivity contribution is 7.19. The Hall–Kier alpha value is -3.30. The van der Waals surface area contributed by atoms with Gasteiger partial charge < -0.3 is 15.7 Å². The van der Waals surface area contributed by atoms with E-state index in [-0.39, 0.29) is 17.9 Å². The molecular formula is C19H17N3O5S. The molecule has 9 heteroatoms. The summed E-state index contributed by atoms with van der Waals surface area (Å²) >= 11 is 1.41. The Morgan fingerprint density at radius 1 is 1.14 bits per heavy atom. The van der Waals surface area contributed by atoms with Crippen LogP contribution in [0.3, 0.4) is 0 Å². The van der Waals surface area contributed by atoms with E-state index in [0.717, 1.165) is 10.1 Å². The second kappa shape index (κ2) is 7.75. The number of hydrogen-bond donors (Lipinski definition) is 3. The molecule has 0 aliphatic carbocycles. The number of rotatable bonds is 5. The number of carbonyl (C=O) groups is 2. The van der Waals surface area contributed by atoms with Crippen molar-refractivity contribution in [2.75, 3.05) is 11.9 Å². The summed E-state index contributed by atoms with van der Waals surface area (Å²) in [7, 11) is 0. The lowest BCUT2D eigenvalue weighted by atomic mass is 10.0. The van der Waals surface area contributed by atoms with Gasteiger partial charge in [0.15, 0.2) is 0 Å². The predicted molar refractivity (Wildman–Crippen MR) is 106 cm³/mol. The van der Waals surface area contributed by atoms with E-state index < -0.39 is 22.3 Å². The summed E-state index contributed by atoms with van der Waals surface area (Å²) in [5.74, 6) is -1.85. The van der Waals surface area contributed by atoms with Crippen molar-refractivity contribution in [3.8, 4) is 0 Å². The summed E-state index contributed by atoms with van der Waals surface area (Å²) in [6.07, 6.45) is 0. The highest BCUT2D eigenvalue weighted by Gasteiger charge is 2.27. The molecule has 0 spiro atoms. The zero-order valence-electron chi connectivity index (χ0n) is 14.8. The summed E-state index contributed by atoms with van der Waals surface area (Å²) in [4.78, 5) is 34.8. The fourth-order valence-corrected chi connectivity index (χ4v) is 3.63. The average Bonchev–Trinajstić information content (AvgIpc) is 3.12. The predicted octanol–water partition coefficient (Wildman–Crippen LogP) is 2.77. The molecule has 1 aromatic heterocycles. The zero-order valence-corrected chi connectivity index (χ0v) is 15.7. The largest absolute Gasteiger partial charge is 0.383 e. The van der Waals surface area contributed by atoms with Crippen LogP contribution in [-0.2, 0) is 15.2 Å². The van der Waals surface area contributed by atoms with Crippen molar-refractivity contribution in [1.82, 2.24) is 5.32 Å². The minimum absolute atomic E-state index is 0.123. The lowest BCUT2D eigenvalue weighted by Gasteiger charge is -2.22. The topological polar surface area (TPSA) is 122 Å². The number of fused-ring (bicyclic) bond motifs is 1. The van der Waals surface area contributed by atoms with Crippen LogP contribution in [0.25, 0.3) is 10.1 Å². The fraction of sp³-hybridized carbons (Fsp3) is 0.158. The molecule has 144 valence electrons. The van der Waals surface area contributed by atoms with Crippen molar-refractivity contribution in [3.05, 3.63) is 69.6 Å². The molecule has 0 saturated carbocycles. The zero-order chi connectivity index (χ0) is 20.3. The Balaban J connectivity index is 1.60. The molecule has 2 amide bonds. The van der Waals surface area contributed by atoms with E-state index in [0.29, 0.717) is 4.88 Å². The molecule has 1 heterocycles. The number of thiophene rings is 1. The Morgan fingerprint density at radius 3 is 2.46 bits per heavy atom. The third kappa shape index (κ3) is 4.33. The monoisotopic (exact) mass is 399 g/mol. The van der Waals surface area contributed by atoms with Gasteiger partial charge in [0, 0.05) is 27.4 Å². The smallest absolute Gasteiger partial charge is 0.313 e. The number of aliphatic hydroxyl groups is 1. The van der Waals surface area contributed by atoms with Crippen molar-refractivity contribution >= 4 is 44.6 Å². The van der Waals surface area contributed by atoms with Crippen LogP contribution in [0.2, 0.25) is 0 Å². The van der Waals surface area contributed by atoms with E-state index in [1.165, 1.54) is 35.6 Å². The van der Waals surface area contributed by atoms with Crippen LogP contribution in [0.1, 0.15) is 11.8 Å². The van der Waals surface area contributed by atoms with Crippen LogP contribution in [0.4, 0.5) is 11.4 Å². The lowest BCUT2D eigenvalue weighted by molar-refractivity contribution is -0.384. The molecule has 3 N–H and O–H groups in total. The summed E-state index contributed by atoms with van der Waals surface area (Å²) in [6, 6.07) is 14.6. The molecule has 2 aromatic carbocycles. The number of nitrogens with one attached hydrogen (secondary N) is 2. The summed E-state index contributed by atoms with van der Waals surface area (Å²) in [6.45, 7) is 1.42. The highest BCUT2D eigenvalue weighted by Crippen LogP contribution is 2.32. The van der Waals surface area contributed by atoms with Gasteiger partial charge in [0.1, 0.15) is 5.60 Å². The number of benzene rings is 2. The first-order valence-corrected chi connectivity index (χ1v) is 9.13. The molecule has 0 radical (unpaired) electrons. The van der Waals surface area contributed by atoms with Gasteiger partial charge in [-0.3, -0.25) is 19.7 Å². The van der Waals surface area contributed by atoms with Crippen LogP contribution < -0.4 is 10.6 Å². The number of carbonyl (C=O) groups excluding carboxylic acids is 2. The minimum atomic E-state index is -1.34. The van der Waals surface area contributed by atoms with Crippen molar-refractivity contribution in [2.24, 2.45) is 0 Å². The number of amides is 2. The van der Waals surface area contributed by atoms with Crippen LogP contribution >= 0.6 is 11.3 Å². The molecule has 3 aromatic rings. The number of anilines is 1. The van der Waals surface area contributed by atoms with Crippen LogP contribution in [-0.4, -0.2) is 28.4 Å². The molecule has 8 nitrogen and oxygen atoms in total. The van der Waals surface area contributed by atoms with Gasteiger partial charge in [-0.05, 0) is 36.6 Å². The minimum Gasteiger partial charge on any atom is -0.383 e. The standard InChI is InChI=1S/C19H17N3O5S/c1-19(25,16-10-12-4-2-3-5-15(12)28-16)11-20-17(23)18(24)21-13-6-8-14(9-7-13)22(26)27/h2-10,25H,11H2,1H3,(H,20,23)(H,21,24). The lowest BCUT2D eigenvalue weighted by Crippen LogP contribution is -2.42. The Labute approximate surface area is 164 Å². The van der Waals surface area contributed by atoms with E-state index in [2.05, 4.69) is 10.6 Å². The molecule has 1 atom stereocenters. The number of nitro benzene ring substituents is 1. The molecular weight excluding hydrogens is 382 g/mol. The Morgan fingerprint density at radius 2 is 1.82 bits per heavy atom. The first kappa shape index (κ1) is 19.5. The average molecular weight is 399 g/mol. The van der Waals surface area contributed by atoms with Gasteiger partial charge in [0.25, 0.3) is 5.69 Å². The fourth-order valence-electron chi connectivity index (χ4n) is 2.52. The molecule has 0 bridgehead atoms. The molecule has 0 fully saturated rings. The van der Waals surface area contributed by atoms with Gasteiger partial charge >= 0.3 is 11.8 Å². The van der Waals surface area contributed by atoms with E-state index in [9.17, 15) is 24.8 Å². The second-order valence-electron chi connectivity index (χ2n) is 6.36. The van der Waals surface area contributed by atoms with Crippen molar-refractivity contribution in [1.29, 1.82) is 0 Å². The SMILES string of the molecule is CC(O)(CNC(=O)C(=O)Nc1ccc([N+](=O)[O-])cc1)c1cc2ccccc2s1. The van der Waals surface area contributed by atoms with Gasteiger partial charge in [-0.2, -0.15) is 0 Å². The van der Waals surface area contributed by atoms with Crippen molar-refractivity contribution in [3.63, 3.8) is 0 Å². The van der Waals surface area contributed by atoms with Crippen LogP contribution in [0.15, 0.2) is 54.6 Å². The molecule has 0 saturated heterocycles. The molecule has 1 unspecified atom stereocenters. The first-order valence-electron chi connectivity index (χ1n) is 8.31. The van der Waals surface area contributed by atoms with E-state index in [1.54, 1.807) is 6.92 Å². The maximum absolute atomic E-state index is 12.0. The van der Waals surface area contributed by atoms with Gasteiger partial charge in [0.2, 0.25) is 0 Å². The molecule has 0 aliphatic rings. The molecule has 3 rings (SSSR count). The van der Waals surface area contributed by atoms with Gasteiger partial charge in [-0.25, -0.2) is 0 Å². The maximum Gasteiger partial charge on any atom is 0.313 e. The quantitative estimate of drug-likeness (QED) is 0.346. The Kier molecular flexibility index (Phi) is 5.39. The van der Waals surface area contributed by atoms with E-state index in [4.69, 9.17) is 0 Å². The molecule has 0 aliphatic heterocycles. The number of nitro groups is 1. The summed E-state index contributed by atoms with van der Waals surface area (Å²) in [5, 5.41) is 27.1. The molecule has 28 heavy (non-hydrogen) atoms. The number of hydrogen-bond acceptors (Lipinski definition) is 6. The van der Waals surface area contributed by atoms with Gasteiger partial charge in [-0.1, -0.05) is 18.2 Å². The maximum atomic E-state index is 12.0. The summed E-state index contributed by atoms with van der Waals surface area (Å²) < 4.78 is 1.01. The second-order valence-corrected chi connectivity index (χ2v) is 7.45. The van der Waals surface area contributed by atoms with Crippen LogP contribution in [0, 0.1) is 10.1 Å². The number of non-ortho nitro benzene ring substituents is 1. The highest BCUT2D eigenvalue weighted by atomic mass is 32.1. The van der Waals surface area contributed by atoms with Gasteiger partial charge in [-0.15, -0.1) is 11.3 Å². The van der Waals surface area contributed by atoms with Gasteiger partial charge in [0.05, 0.1) is 11.5 Å². The van der Waals surface area contributed by atoms with Crippen LogP contribution in [0.5, 0.6) is 0 Å². The van der Waals surface area contributed by atoms with Crippen molar-refractivity contribution in [2.45, 2.75) is 12.5 Å². The summed E-state index contributed by atoms with van der Waals surface area (Å²) in [5.41, 5.74) is -1.21. The van der Waals surface area contributed by atoms with E-state index in [1.807, 2.05) is 30.3 Å². The third-order valence-corrected chi connectivity index (χ3v) is 5.46. The number of nitrogens with zero attached hydrogens (tertiary/aromatic N) is 1. The first-order chi connectivity index (χ1) is 13.3. The van der Waals surface area contributed by atoms with Crippen molar-refractivity contribution < 1.29 is 19.6 Å². The third-order valence-electron chi connectivity index (χ3n) is 4.09.